The average Bonchev–Trinajstić information content (AvgIpc) is 3.29. The van der Waals surface area contributed by atoms with Crippen LogP contribution in [0.3, 0.4) is 0 Å². The van der Waals surface area contributed by atoms with Crippen molar-refractivity contribution in [1.29, 1.82) is 0 Å². The van der Waals surface area contributed by atoms with E-state index >= 15 is 0 Å². The van der Waals surface area contributed by atoms with E-state index in [1.165, 1.54) is 23.5 Å². The molecular formula is C20H14Cl2FN3OS. The number of benzene rings is 2. The van der Waals surface area contributed by atoms with Crippen LogP contribution in [0.15, 0.2) is 48.5 Å². The molecule has 4 aromatic rings. The van der Waals surface area contributed by atoms with E-state index in [1.807, 2.05) is 37.3 Å². The van der Waals surface area contributed by atoms with Crippen molar-refractivity contribution in [1.82, 2.24) is 15.2 Å². The molecule has 0 amide bonds. The Morgan fingerprint density at radius 2 is 1.93 bits per heavy atom. The Kier molecular flexibility index (Phi) is 5.35. The van der Waals surface area contributed by atoms with E-state index < -0.39 is 5.82 Å². The maximum Gasteiger partial charge on any atom is 0.183 e. The van der Waals surface area contributed by atoms with Crippen LogP contribution in [0.2, 0.25) is 9.36 Å². The van der Waals surface area contributed by atoms with E-state index in [1.54, 1.807) is 6.07 Å². The van der Waals surface area contributed by atoms with Crippen molar-refractivity contribution in [2.75, 3.05) is 6.61 Å². The Balaban J connectivity index is 1.67. The molecule has 0 atom stereocenters. The fraction of sp³-hybridized carbons (Fsp3) is 0.100. The molecule has 0 saturated carbocycles. The normalized spacial score (nSPS) is 11.0. The quantitative estimate of drug-likeness (QED) is 0.380. The van der Waals surface area contributed by atoms with Crippen LogP contribution in [0, 0.1) is 5.82 Å². The van der Waals surface area contributed by atoms with Crippen LogP contribution in [0.1, 0.15) is 6.92 Å². The third-order valence-corrected chi connectivity index (χ3v) is 5.79. The third-order valence-electron chi connectivity index (χ3n) is 4.06. The molecule has 0 saturated heterocycles. The van der Waals surface area contributed by atoms with E-state index in [9.17, 15) is 4.39 Å². The van der Waals surface area contributed by atoms with Crippen molar-refractivity contribution < 1.29 is 9.13 Å². The minimum atomic E-state index is -0.471. The molecular weight excluding hydrogens is 420 g/mol. The minimum Gasteiger partial charge on any atom is -0.494 e. The molecule has 8 heteroatoms. The average molecular weight is 434 g/mol. The van der Waals surface area contributed by atoms with Gasteiger partial charge in [0.05, 0.1) is 22.8 Å². The molecule has 0 radical (unpaired) electrons. The Morgan fingerprint density at radius 1 is 1.14 bits per heavy atom. The number of aromatic amines is 1. The topological polar surface area (TPSA) is 50.8 Å². The highest BCUT2D eigenvalue weighted by Gasteiger charge is 2.18. The lowest BCUT2D eigenvalue weighted by Gasteiger charge is -2.03. The maximum absolute atomic E-state index is 14.1. The van der Waals surface area contributed by atoms with Gasteiger partial charge in [0.15, 0.2) is 11.6 Å². The number of halogens is 3. The van der Waals surface area contributed by atoms with Crippen molar-refractivity contribution in [2.45, 2.75) is 6.92 Å². The summed E-state index contributed by atoms with van der Waals surface area (Å²) in [6.07, 6.45) is 0. The molecule has 0 unspecified atom stereocenters. The summed E-state index contributed by atoms with van der Waals surface area (Å²) < 4.78 is 20.2. The van der Waals surface area contributed by atoms with Crippen LogP contribution in [-0.2, 0) is 0 Å². The van der Waals surface area contributed by atoms with Crippen molar-refractivity contribution >= 4 is 34.5 Å². The Labute approximate surface area is 174 Å². The van der Waals surface area contributed by atoms with Crippen LogP contribution in [-0.4, -0.2) is 21.8 Å². The predicted molar refractivity (Wildman–Crippen MR) is 112 cm³/mol. The molecule has 4 nitrogen and oxygen atoms in total. The van der Waals surface area contributed by atoms with Gasteiger partial charge in [-0.25, -0.2) is 9.37 Å². The predicted octanol–water partition coefficient (Wildman–Crippen LogP) is 6.71. The fourth-order valence-electron chi connectivity index (χ4n) is 2.76. The highest BCUT2D eigenvalue weighted by Crippen LogP contribution is 2.40. The number of thiophene rings is 1. The lowest BCUT2D eigenvalue weighted by molar-refractivity contribution is 0.340. The number of hydrogen-bond donors (Lipinski definition) is 1. The summed E-state index contributed by atoms with van der Waals surface area (Å²) in [5.41, 5.74) is 1.86. The first-order chi connectivity index (χ1) is 13.6. The molecule has 0 aliphatic heterocycles. The maximum atomic E-state index is 14.1. The second-order valence-corrected chi connectivity index (χ2v) is 7.92. The van der Waals surface area contributed by atoms with Gasteiger partial charge >= 0.3 is 0 Å². The molecule has 2 aromatic heterocycles. The molecule has 1 N–H and O–H groups in total. The molecule has 28 heavy (non-hydrogen) atoms. The lowest BCUT2D eigenvalue weighted by Crippen LogP contribution is -1.90. The van der Waals surface area contributed by atoms with E-state index in [0.717, 1.165) is 16.2 Å². The summed E-state index contributed by atoms with van der Waals surface area (Å²) in [6, 6.07) is 14.2. The van der Waals surface area contributed by atoms with Crippen molar-refractivity contribution in [3.8, 4) is 39.0 Å². The van der Waals surface area contributed by atoms with E-state index in [0.29, 0.717) is 22.3 Å². The fourth-order valence-corrected chi connectivity index (χ4v) is 4.29. The van der Waals surface area contributed by atoms with Gasteiger partial charge in [0.2, 0.25) is 0 Å². The molecule has 0 aliphatic carbocycles. The van der Waals surface area contributed by atoms with Gasteiger partial charge in [-0.3, -0.25) is 5.10 Å². The smallest absolute Gasteiger partial charge is 0.183 e. The van der Waals surface area contributed by atoms with Gasteiger partial charge in [-0.1, -0.05) is 29.3 Å². The summed E-state index contributed by atoms with van der Waals surface area (Å²) in [4.78, 5) is 5.36. The minimum absolute atomic E-state index is 0.181. The zero-order valence-electron chi connectivity index (χ0n) is 14.7. The SMILES string of the molecule is CCOc1ccc(-c2cc(-c3n[nH]c(-c4c(F)cccc4Cl)n3)c(Cl)s2)cc1. The van der Waals surface area contributed by atoms with Gasteiger partial charge < -0.3 is 4.74 Å². The molecule has 0 fully saturated rings. The molecule has 0 bridgehead atoms. The third kappa shape index (κ3) is 3.63. The van der Waals surface area contributed by atoms with Gasteiger partial charge in [-0.2, -0.15) is 5.10 Å². The Morgan fingerprint density at radius 3 is 2.64 bits per heavy atom. The summed E-state index contributed by atoms with van der Waals surface area (Å²) in [7, 11) is 0. The van der Waals surface area contributed by atoms with Crippen molar-refractivity contribution in [2.24, 2.45) is 0 Å². The molecule has 0 spiro atoms. The highest BCUT2D eigenvalue weighted by molar-refractivity contribution is 7.20. The van der Waals surface area contributed by atoms with Crippen molar-refractivity contribution in [3.63, 3.8) is 0 Å². The lowest BCUT2D eigenvalue weighted by atomic mass is 10.1. The van der Waals surface area contributed by atoms with Crippen LogP contribution >= 0.6 is 34.5 Å². The van der Waals surface area contributed by atoms with Gasteiger partial charge in [-0.05, 0) is 55.0 Å². The van der Waals surface area contributed by atoms with Crippen LogP contribution in [0.5, 0.6) is 5.75 Å². The Bertz CT molecular complexity index is 1100. The molecule has 2 heterocycles. The molecule has 142 valence electrons. The van der Waals surface area contributed by atoms with E-state index in [4.69, 9.17) is 27.9 Å². The van der Waals surface area contributed by atoms with Gasteiger partial charge in [0, 0.05) is 4.88 Å². The van der Waals surface area contributed by atoms with E-state index in [-0.39, 0.29) is 16.4 Å². The zero-order chi connectivity index (χ0) is 19.7. The molecule has 0 aliphatic rings. The second-order valence-electron chi connectivity index (χ2n) is 5.86. The van der Waals surface area contributed by atoms with Crippen LogP contribution in [0.25, 0.3) is 33.2 Å². The number of rotatable bonds is 5. The largest absolute Gasteiger partial charge is 0.494 e. The second kappa shape index (κ2) is 7.91. The first-order valence-corrected chi connectivity index (χ1v) is 10.0. The van der Waals surface area contributed by atoms with Gasteiger partial charge in [-0.15, -0.1) is 11.3 Å². The Hall–Kier alpha value is -2.41. The number of nitrogens with zero attached hydrogens (tertiary/aromatic N) is 2. The number of nitrogens with one attached hydrogen (secondary N) is 1. The number of aromatic nitrogens is 3. The highest BCUT2D eigenvalue weighted by atomic mass is 35.5. The zero-order valence-corrected chi connectivity index (χ0v) is 17.0. The summed E-state index contributed by atoms with van der Waals surface area (Å²) in [6.45, 7) is 2.56. The number of hydrogen-bond acceptors (Lipinski definition) is 4. The summed E-state index contributed by atoms with van der Waals surface area (Å²) in [5.74, 6) is 0.979. The molecule has 4 rings (SSSR count). The molecule has 2 aromatic carbocycles. The van der Waals surface area contributed by atoms with Crippen LogP contribution in [0.4, 0.5) is 4.39 Å². The van der Waals surface area contributed by atoms with Gasteiger partial charge in [0.25, 0.3) is 0 Å². The first-order valence-electron chi connectivity index (χ1n) is 8.46. The number of H-pyrrole nitrogens is 1. The first kappa shape index (κ1) is 18.9. The summed E-state index contributed by atoms with van der Waals surface area (Å²) >= 11 is 14.0. The summed E-state index contributed by atoms with van der Waals surface area (Å²) in [5, 5.41) is 7.19. The van der Waals surface area contributed by atoms with E-state index in [2.05, 4.69) is 15.2 Å². The standard InChI is InChI=1S/C20H14Cl2FN3OS/c1-2-27-12-8-6-11(7-9-12)16-10-13(18(22)28-16)19-24-20(26-25-19)17-14(21)4-3-5-15(17)23/h3-10H,2H2,1H3,(H,24,25,26). The monoisotopic (exact) mass is 433 g/mol. The van der Waals surface area contributed by atoms with Gasteiger partial charge in [0.1, 0.15) is 15.9 Å². The number of ether oxygens (including phenoxy) is 1. The van der Waals surface area contributed by atoms with Crippen LogP contribution < -0.4 is 4.74 Å². The van der Waals surface area contributed by atoms with Crippen molar-refractivity contribution in [3.05, 3.63) is 63.7 Å².